The van der Waals surface area contributed by atoms with E-state index in [0.29, 0.717) is 8.04 Å². The lowest BCUT2D eigenvalue weighted by Crippen LogP contribution is -1.98. The Morgan fingerprint density at radius 3 is 2.76 bits per heavy atom. The van der Waals surface area contributed by atoms with Crippen molar-refractivity contribution in [3.05, 3.63) is 53.7 Å². The average molecular weight is 460 g/mol. The van der Waals surface area contributed by atoms with Crippen LogP contribution in [0.4, 0.5) is 5.69 Å². The van der Waals surface area contributed by atoms with Gasteiger partial charge in [-0.15, -0.1) is 0 Å². The fourth-order valence-electron chi connectivity index (χ4n) is 1.57. The minimum atomic E-state index is -0.583. The summed E-state index contributed by atoms with van der Waals surface area (Å²) < 4.78 is 6.63. The summed E-state index contributed by atoms with van der Waals surface area (Å²) in [5.41, 5.74) is 0.861. The predicted octanol–water partition coefficient (Wildman–Crippen LogP) is 4.33. The first kappa shape index (κ1) is 15.7. The third kappa shape index (κ3) is 3.48. The van der Waals surface area contributed by atoms with Crippen LogP contribution in [0.3, 0.4) is 0 Å². The quantitative estimate of drug-likeness (QED) is 0.387. The van der Waals surface area contributed by atoms with Crippen LogP contribution in [0.2, 0.25) is 0 Å². The van der Waals surface area contributed by atoms with Crippen molar-refractivity contribution in [1.82, 2.24) is 4.98 Å². The van der Waals surface area contributed by atoms with E-state index in [-0.39, 0.29) is 22.9 Å². The summed E-state index contributed by atoms with van der Waals surface area (Å²) in [4.78, 5) is 14.7. The molecular formula is C13H7BrIN3O3. The highest BCUT2D eigenvalue weighted by atomic mass is 127. The fourth-order valence-corrected chi connectivity index (χ4v) is 2.84. The zero-order chi connectivity index (χ0) is 15.6. The zero-order valence-electron chi connectivity index (χ0n) is 10.6. The minimum absolute atomic E-state index is 0.0663. The number of nitriles is 1. The predicted molar refractivity (Wildman–Crippen MR) is 87.3 cm³/mol. The largest absolute Gasteiger partial charge is 0.429 e. The number of hydrogen-bond acceptors (Lipinski definition) is 5. The van der Waals surface area contributed by atoms with Crippen LogP contribution in [-0.4, -0.2) is 9.91 Å². The first-order valence-electron chi connectivity index (χ1n) is 5.60. The fraction of sp³-hybridized carbons (Fsp3) is 0.0769. The minimum Gasteiger partial charge on any atom is -0.429 e. The summed E-state index contributed by atoms with van der Waals surface area (Å²) in [6.45, 7) is 1.87. The third-order valence-electron chi connectivity index (χ3n) is 2.49. The van der Waals surface area contributed by atoms with Gasteiger partial charge in [0.15, 0.2) is 0 Å². The Balaban J connectivity index is 2.53. The second-order valence-electron chi connectivity index (χ2n) is 4.08. The number of nitrogens with zero attached hydrogens (tertiary/aromatic N) is 3. The van der Waals surface area contributed by atoms with Crippen LogP contribution in [0.25, 0.3) is 0 Å². The number of pyridine rings is 1. The van der Waals surface area contributed by atoms with Crippen LogP contribution >= 0.6 is 38.5 Å². The van der Waals surface area contributed by atoms with Gasteiger partial charge in [-0.1, -0.05) is 0 Å². The van der Waals surface area contributed by atoms with Gasteiger partial charge in [-0.05, 0) is 63.1 Å². The van der Waals surface area contributed by atoms with E-state index in [4.69, 9.17) is 10.00 Å². The molecule has 1 aromatic heterocycles. The molecule has 0 amide bonds. The Morgan fingerprint density at radius 1 is 1.48 bits per heavy atom. The van der Waals surface area contributed by atoms with E-state index in [2.05, 4.69) is 20.9 Å². The van der Waals surface area contributed by atoms with Gasteiger partial charge < -0.3 is 4.74 Å². The lowest BCUT2D eigenvalue weighted by atomic mass is 10.2. The van der Waals surface area contributed by atoms with Gasteiger partial charge in [0.05, 0.1) is 24.6 Å². The third-order valence-corrected chi connectivity index (χ3v) is 3.86. The molecule has 0 spiro atoms. The lowest BCUT2D eigenvalue weighted by Gasteiger charge is -2.09. The highest BCUT2D eigenvalue weighted by Gasteiger charge is 2.22. The maximum Gasteiger partial charge on any atom is 0.314 e. The molecule has 6 nitrogen and oxygen atoms in total. The Morgan fingerprint density at radius 2 is 2.19 bits per heavy atom. The lowest BCUT2D eigenvalue weighted by molar-refractivity contribution is -0.385. The molecule has 0 saturated carbocycles. The highest BCUT2D eigenvalue weighted by Crippen LogP contribution is 2.38. The number of hydrogen-bond donors (Lipinski definition) is 0. The van der Waals surface area contributed by atoms with Gasteiger partial charge >= 0.3 is 5.69 Å². The molecule has 2 aromatic rings. The van der Waals surface area contributed by atoms with Crippen molar-refractivity contribution in [3.8, 4) is 17.7 Å². The van der Waals surface area contributed by atoms with Crippen molar-refractivity contribution in [2.45, 2.75) is 6.92 Å². The van der Waals surface area contributed by atoms with Crippen LogP contribution < -0.4 is 4.74 Å². The van der Waals surface area contributed by atoms with E-state index >= 15 is 0 Å². The zero-order valence-corrected chi connectivity index (χ0v) is 14.4. The second-order valence-corrected chi connectivity index (χ2v) is 6.09. The first-order valence-corrected chi connectivity index (χ1v) is 7.47. The standard InChI is InChI=1S/C13H7BrIN3O3/c1-7-2-9(14)13(17-6-7)21-12-10(15)3-8(5-16)4-11(12)18(19)20/h2-4,6H,1H3. The number of nitro benzene ring substituents is 1. The Bertz CT molecular complexity index is 774. The van der Waals surface area contributed by atoms with E-state index in [1.165, 1.54) is 12.1 Å². The van der Waals surface area contributed by atoms with Crippen molar-refractivity contribution < 1.29 is 9.66 Å². The van der Waals surface area contributed by atoms with Crippen molar-refractivity contribution in [2.75, 3.05) is 0 Å². The Labute approximate surface area is 142 Å². The maximum atomic E-state index is 11.2. The number of aryl methyl sites for hydroxylation is 1. The van der Waals surface area contributed by atoms with Crippen molar-refractivity contribution in [3.63, 3.8) is 0 Å². The second kappa shape index (κ2) is 6.36. The van der Waals surface area contributed by atoms with Gasteiger partial charge in [0.2, 0.25) is 11.6 Å². The molecule has 8 heteroatoms. The molecule has 0 atom stereocenters. The van der Waals surface area contributed by atoms with Gasteiger partial charge in [-0.25, -0.2) is 4.98 Å². The molecule has 0 bridgehead atoms. The summed E-state index contributed by atoms with van der Waals surface area (Å²) in [6.07, 6.45) is 1.60. The number of nitro groups is 1. The van der Waals surface area contributed by atoms with Crippen molar-refractivity contribution >= 4 is 44.2 Å². The van der Waals surface area contributed by atoms with Crippen molar-refractivity contribution in [2.24, 2.45) is 0 Å². The number of aromatic nitrogens is 1. The molecule has 0 N–H and O–H groups in total. The summed E-state index contributed by atoms with van der Waals surface area (Å²) >= 11 is 5.20. The van der Waals surface area contributed by atoms with Crippen LogP contribution in [-0.2, 0) is 0 Å². The topological polar surface area (TPSA) is 89.0 Å². The number of halogens is 2. The van der Waals surface area contributed by atoms with Crippen molar-refractivity contribution in [1.29, 1.82) is 5.26 Å². The Hall–Kier alpha value is -1.73. The molecule has 1 aromatic carbocycles. The van der Waals surface area contributed by atoms with Crippen LogP contribution in [0.1, 0.15) is 11.1 Å². The van der Waals surface area contributed by atoms with Gasteiger partial charge in [-0.3, -0.25) is 10.1 Å². The number of benzene rings is 1. The SMILES string of the molecule is Cc1cnc(Oc2c(I)cc(C#N)cc2[N+](=O)[O-])c(Br)c1. The summed E-state index contributed by atoms with van der Waals surface area (Å²) in [7, 11) is 0. The molecule has 0 radical (unpaired) electrons. The molecule has 2 rings (SSSR count). The molecule has 21 heavy (non-hydrogen) atoms. The van der Waals surface area contributed by atoms with E-state index in [1.54, 1.807) is 12.3 Å². The molecule has 0 aliphatic rings. The molecular weight excluding hydrogens is 453 g/mol. The van der Waals surface area contributed by atoms with Crippen LogP contribution in [0.15, 0.2) is 28.9 Å². The highest BCUT2D eigenvalue weighted by molar-refractivity contribution is 14.1. The van der Waals surface area contributed by atoms with Gasteiger partial charge in [-0.2, -0.15) is 5.26 Å². The van der Waals surface area contributed by atoms with Crippen LogP contribution in [0.5, 0.6) is 11.6 Å². The molecule has 0 aliphatic carbocycles. The van der Waals surface area contributed by atoms with E-state index in [1.807, 2.05) is 35.6 Å². The van der Waals surface area contributed by atoms with Gasteiger partial charge in [0.1, 0.15) is 0 Å². The van der Waals surface area contributed by atoms with E-state index in [9.17, 15) is 10.1 Å². The molecule has 0 saturated heterocycles. The Kier molecular flexibility index (Phi) is 4.74. The molecule has 0 unspecified atom stereocenters. The summed E-state index contributed by atoms with van der Waals surface area (Å²) in [5, 5.41) is 20.0. The number of rotatable bonds is 3. The number of ether oxygens (including phenoxy) is 1. The monoisotopic (exact) mass is 459 g/mol. The average Bonchev–Trinajstić information content (AvgIpc) is 2.42. The molecule has 0 fully saturated rings. The smallest absolute Gasteiger partial charge is 0.314 e. The summed E-state index contributed by atoms with van der Waals surface area (Å²) in [6, 6.07) is 6.38. The first-order chi connectivity index (χ1) is 9.92. The maximum absolute atomic E-state index is 11.2. The van der Waals surface area contributed by atoms with Crippen LogP contribution in [0, 0.1) is 31.9 Å². The molecule has 0 aliphatic heterocycles. The van der Waals surface area contributed by atoms with E-state index in [0.717, 1.165) is 5.56 Å². The molecule has 1 heterocycles. The normalized spacial score (nSPS) is 10.0. The summed E-state index contributed by atoms with van der Waals surface area (Å²) in [5.74, 6) is 0.294. The van der Waals surface area contributed by atoms with E-state index < -0.39 is 4.92 Å². The van der Waals surface area contributed by atoms with Gasteiger partial charge in [0, 0.05) is 12.3 Å². The molecule has 106 valence electrons. The van der Waals surface area contributed by atoms with Gasteiger partial charge in [0.25, 0.3) is 0 Å².